The third kappa shape index (κ3) is 2.53. The van der Waals surface area contributed by atoms with Gasteiger partial charge in [-0.25, -0.2) is 0 Å². The van der Waals surface area contributed by atoms with Gasteiger partial charge in [-0.15, -0.1) is 0 Å². The lowest BCUT2D eigenvalue weighted by Gasteiger charge is -2.24. The number of hydrogen-bond donors (Lipinski definition) is 2. The van der Waals surface area contributed by atoms with Crippen molar-refractivity contribution in [3.63, 3.8) is 0 Å². The molecule has 2 aromatic rings. The van der Waals surface area contributed by atoms with Crippen LogP contribution < -0.4 is 10.2 Å². The molecular formula is C13H20N6O. The maximum atomic E-state index is 5.22. The lowest BCUT2D eigenvalue weighted by atomic mass is 10.3. The van der Waals surface area contributed by atoms with Gasteiger partial charge in [0.1, 0.15) is 5.82 Å². The summed E-state index contributed by atoms with van der Waals surface area (Å²) in [6, 6.07) is 0.563. The number of fused-ring (bicyclic) bond motifs is 1. The zero-order valence-corrected chi connectivity index (χ0v) is 11.9. The molecular weight excluding hydrogens is 256 g/mol. The lowest BCUT2D eigenvalue weighted by Crippen LogP contribution is -2.30. The van der Waals surface area contributed by atoms with E-state index in [-0.39, 0.29) is 0 Å². The van der Waals surface area contributed by atoms with Crippen molar-refractivity contribution in [3.8, 4) is 0 Å². The number of aromatic nitrogens is 4. The molecule has 2 heterocycles. The van der Waals surface area contributed by atoms with Crippen molar-refractivity contribution in [3.05, 3.63) is 6.20 Å². The van der Waals surface area contributed by atoms with Crippen molar-refractivity contribution in [2.24, 2.45) is 0 Å². The van der Waals surface area contributed by atoms with Gasteiger partial charge in [0.25, 0.3) is 0 Å². The van der Waals surface area contributed by atoms with Crippen LogP contribution in [0.5, 0.6) is 0 Å². The van der Waals surface area contributed by atoms with Crippen LogP contribution in [0, 0.1) is 0 Å². The molecule has 0 unspecified atom stereocenters. The molecule has 1 saturated carbocycles. The van der Waals surface area contributed by atoms with Crippen molar-refractivity contribution in [1.29, 1.82) is 0 Å². The van der Waals surface area contributed by atoms with Crippen molar-refractivity contribution < 1.29 is 4.74 Å². The van der Waals surface area contributed by atoms with Crippen LogP contribution in [-0.2, 0) is 4.74 Å². The van der Waals surface area contributed by atoms with Crippen LogP contribution >= 0.6 is 0 Å². The number of aromatic amines is 1. The van der Waals surface area contributed by atoms with Gasteiger partial charge in [0.2, 0.25) is 5.95 Å². The quantitative estimate of drug-likeness (QED) is 0.796. The first-order chi connectivity index (χ1) is 9.83. The molecule has 0 atom stereocenters. The van der Waals surface area contributed by atoms with Crippen molar-refractivity contribution in [2.45, 2.75) is 25.8 Å². The Bertz CT molecular complexity index is 579. The third-order valence-corrected chi connectivity index (χ3v) is 3.42. The highest BCUT2D eigenvalue weighted by Crippen LogP contribution is 2.34. The summed E-state index contributed by atoms with van der Waals surface area (Å²) < 4.78 is 5.22. The second-order valence-corrected chi connectivity index (χ2v) is 4.95. The van der Waals surface area contributed by atoms with Crippen molar-refractivity contribution in [2.75, 3.05) is 37.0 Å². The largest absolute Gasteiger partial charge is 0.383 e. The van der Waals surface area contributed by atoms with Gasteiger partial charge in [-0.3, -0.25) is 5.10 Å². The molecule has 7 nitrogen and oxygen atoms in total. The van der Waals surface area contributed by atoms with Crippen molar-refractivity contribution in [1.82, 2.24) is 20.2 Å². The van der Waals surface area contributed by atoms with E-state index >= 15 is 0 Å². The Morgan fingerprint density at radius 2 is 2.30 bits per heavy atom. The molecule has 0 aliphatic heterocycles. The number of H-pyrrole nitrogens is 1. The van der Waals surface area contributed by atoms with Gasteiger partial charge >= 0.3 is 0 Å². The maximum Gasteiger partial charge on any atom is 0.226 e. The Hall–Kier alpha value is -1.89. The average molecular weight is 276 g/mol. The van der Waals surface area contributed by atoms with Gasteiger partial charge in [0.15, 0.2) is 5.65 Å². The van der Waals surface area contributed by atoms with Crippen LogP contribution in [-0.4, -0.2) is 53.0 Å². The Labute approximate surface area is 117 Å². The van der Waals surface area contributed by atoms with Crippen LogP contribution in [0.15, 0.2) is 6.20 Å². The fourth-order valence-electron chi connectivity index (χ4n) is 2.31. The van der Waals surface area contributed by atoms with Gasteiger partial charge in [-0.05, 0) is 19.8 Å². The highest BCUT2D eigenvalue weighted by atomic mass is 16.5. The molecule has 0 amide bonds. The van der Waals surface area contributed by atoms with E-state index in [0.29, 0.717) is 18.6 Å². The van der Waals surface area contributed by atoms with Crippen molar-refractivity contribution >= 4 is 22.8 Å². The first-order valence-electron chi connectivity index (χ1n) is 7.04. The molecule has 0 bridgehead atoms. The second kappa shape index (κ2) is 5.62. The van der Waals surface area contributed by atoms with Crippen LogP contribution in [0.4, 0.5) is 11.8 Å². The number of nitrogens with zero attached hydrogens (tertiary/aromatic N) is 4. The first-order valence-corrected chi connectivity index (χ1v) is 7.04. The highest BCUT2D eigenvalue weighted by molar-refractivity contribution is 5.87. The summed E-state index contributed by atoms with van der Waals surface area (Å²) in [5.74, 6) is 1.58. The number of nitrogens with one attached hydrogen (secondary N) is 2. The normalized spacial score (nSPS) is 14.7. The summed E-state index contributed by atoms with van der Waals surface area (Å²) in [6.07, 6.45) is 4.22. The molecule has 0 spiro atoms. The van der Waals surface area contributed by atoms with E-state index in [2.05, 4.69) is 30.4 Å². The summed E-state index contributed by atoms with van der Waals surface area (Å²) in [5, 5.41) is 11.2. The number of ether oxygens (including phenoxy) is 1. The van der Waals surface area contributed by atoms with Gasteiger partial charge in [-0.1, -0.05) is 0 Å². The molecule has 1 fully saturated rings. The predicted molar refractivity (Wildman–Crippen MR) is 78.1 cm³/mol. The summed E-state index contributed by atoms with van der Waals surface area (Å²) >= 11 is 0. The van der Waals surface area contributed by atoms with E-state index in [4.69, 9.17) is 4.74 Å². The van der Waals surface area contributed by atoms with Gasteiger partial charge < -0.3 is 15.0 Å². The average Bonchev–Trinajstić information content (AvgIpc) is 3.17. The molecule has 1 aliphatic rings. The van der Waals surface area contributed by atoms with Crippen LogP contribution in [0.2, 0.25) is 0 Å². The van der Waals surface area contributed by atoms with E-state index in [1.54, 1.807) is 13.3 Å². The molecule has 3 rings (SSSR count). The minimum absolute atomic E-state index is 0.563. The Kier molecular flexibility index (Phi) is 3.68. The Balaban J connectivity index is 1.99. The zero-order valence-electron chi connectivity index (χ0n) is 11.9. The molecule has 7 heteroatoms. The summed E-state index contributed by atoms with van der Waals surface area (Å²) in [7, 11) is 1.72. The standard InChI is InChI=1S/C13H20N6O/c1-3-14-13-16-11-10(8-15-18-11)12(17-13)19(6-7-20-2)9-4-5-9/h8-9H,3-7H2,1-2H3,(H2,14,15,16,17,18). The number of hydrogen-bond acceptors (Lipinski definition) is 6. The summed E-state index contributed by atoms with van der Waals surface area (Å²) in [5.41, 5.74) is 0.772. The molecule has 0 radical (unpaired) electrons. The first kappa shape index (κ1) is 13.1. The van der Waals surface area contributed by atoms with Crippen LogP contribution in [0.1, 0.15) is 19.8 Å². The monoisotopic (exact) mass is 276 g/mol. The smallest absolute Gasteiger partial charge is 0.226 e. The van der Waals surface area contributed by atoms with Gasteiger partial charge in [0, 0.05) is 26.2 Å². The molecule has 0 aromatic carbocycles. The van der Waals surface area contributed by atoms with E-state index in [1.165, 1.54) is 12.8 Å². The molecule has 2 N–H and O–H groups in total. The minimum Gasteiger partial charge on any atom is -0.383 e. The predicted octanol–water partition coefficient (Wildman–Crippen LogP) is 1.40. The number of methoxy groups -OCH3 is 1. The second-order valence-electron chi connectivity index (χ2n) is 4.95. The minimum atomic E-state index is 0.563. The fourth-order valence-corrected chi connectivity index (χ4v) is 2.31. The van der Waals surface area contributed by atoms with E-state index < -0.39 is 0 Å². The van der Waals surface area contributed by atoms with E-state index in [1.807, 2.05) is 6.92 Å². The van der Waals surface area contributed by atoms with Gasteiger partial charge in [-0.2, -0.15) is 15.1 Å². The molecule has 2 aromatic heterocycles. The summed E-state index contributed by atoms with van der Waals surface area (Å²) in [4.78, 5) is 11.4. The topological polar surface area (TPSA) is 79.0 Å². The maximum absolute atomic E-state index is 5.22. The van der Waals surface area contributed by atoms with Gasteiger partial charge in [0.05, 0.1) is 18.2 Å². The Morgan fingerprint density at radius 1 is 1.45 bits per heavy atom. The molecule has 108 valence electrons. The highest BCUT2D eigenvalue weighted by Gasteiger charge is 2.31. The number of anilines is 2. The van der Waals surface area contributed by atoms with Crippen LogP contribution in [0.25, 0.3) is 11.0 Å². The SMILES string of the molecule is CCNc1nc(N(CCOC)C2CC2)c2cn[nH]c2n1. The third-order valence-electron chi connectivity index (χ3n) is 3.42. The molecule has 20 heavy (non-hydrogen) atoms. The Morgan fingerprint density at radius 3 is 3.00 bits per heavy atom. The van der Waals surface area contributed by atoms with E-state index in [9.17, 15) is 0 Å². The zero-order chi connectivity index (χ0) is 13.9. The van der Waals surface area contributed by atoms with Crippen LogP contribution in [0.3, 0.4) is 0 Å². The van der Waals surface area contributed by atoms with E-state index in [0.717, 1.165) is 29.9 Å². The number of rotatable bonds is 7. The fraction of sp³-hybridized carbons (Fsp3) is 0.615. The molecule has 0 saturated heterocycles. The summed E-state index contributed by atoms with van der Waals surface area (Å²) in [6.45, 7) is 4.35. The molecule has 1 aliphatic carbocycles. The lowest BCUT2D eigenvalue weighted by molar-refractivity contribution is 0.205.